The van der Waals surface area contributed by atoms with Gasteiger partial charge in [0.15, 0.2) is 5.54 Å². The minimum atomic E-state index is -4.49. The first-order valence-electron chi connectivity index (χ1n) is 16.2. The van der Waals surface area contributed by atoms with Crippen LogP contribution in [0.5, 0.6) is 11.5 Å². The number of nitriles is 1. The van der Waals surface area contributed by atoms with E-state index in [1.165, 1.54) is 55.5 Å². The van der Waals surface area contributed by atoms with E-state index in [0.717, 1.165) is 42.2 Å². The summed E-state index contributed by atoms with van der Waals surface area (Å²) in [6, 6.07) is 17.6. The molecule has 2 amide bonds. The van der Waals surface area contributed by atoms with E-state index in [-0.39, 0.29) is 22.1 Å². The molecule has 12 heteroatoms. The number of anilines is 1. The van der Waals surface area contributed by atoms with Crippen LogP contribution in [0.2, 0.25) is 0 Å². The van der Waals surface area contributed by atoms with Gasteiger partial charge in [0, 0.05) is 38.3 Å². The normalized spacial score (nSPS) is 21.5. The average molecular weight is 672 g/mol. The fourth-order valence-corrected chi connectivity index (χ4v) is 8.91. The number of likely N-dealkylation sites (tertiary alicyclic amines) is 2. The Kier molecular flexibility index (Phi) is 9.22. The number of sulfonamides is 1. The molecule has 3 heterocycles. The molecular formula is C36H41N5O6S. The van der Waals surface area contributed by atoms with E-state index in [9.17, 15) is 18.5 Å². The van der Waals surface area contributed by atoms with E-state index in [2.05, 4.69) is 11.0 Å². The maximum atomic E-state index is 15.5. The molecule has 0 radical (unpaired) electrons. The molecule has 0 aromatic heterocycles. The fourth-order valence-electron chi connectivity index (χ4n) is 7.45. The van der Waals surface area contributed by atoms with Crippen molar-refractivity contribution in [3.63, 3.8) is 0 Å². The van der Waals surface area contributed by atoms with Crippen LogP contribution in [-0.4, -0.2) is 88.9 Å². The summed E-state index contributed by atoms with van der Waals surface area (Å²) in [7, 11) is 1.88. The number of rotatable bonds is 9. The molecule has 2 saturated heterocycles. The van der Waals surface area contributed by atoms with Gasteiger partial charge in [-0.2, -0.15) is 5.26 Å². The summed E-state index contributed by atoms with van der Waals surface area (Å²) in [5, 5.41) is 10.0. The van der Waals surface area contributed by atoms with Crippen LogP contribution in [0.25, 0.3) is 0 Å². The number of likely N-dealkylation sites (N-methyl/N-ethyl adjacent to an activating group) is 1. The van der Waals surface area contributed by atoms with Crippen LogP contribution < -0.4 is 13.8 Å². The monoisotopic (exact) mass is 671 g/mol. The molecule has 2 fully saturated rings. The van der Waals surface area contributed by atoms with Crippen molar-refractivity contribution in [2.24, 2.45) is 0 Å². The number of fused-ring (bicyclic) bond motifs is 1. The smallest absolute Gasteiger partial charge is 0.271 e. The summed E-state index contributed by atoms with van der Waals surface area (Å²) in [5.41, 5.74) is 0.295. The van der Waals surface area contributed by atoms with Crippen molar-refractivity contribution in [1.29, 1.82) is 5.26 Å². The van der Waals surface area contributed by atoms with Gasteiger partial charge in [-0.3, -0.25) is 19.4 Å². The number of nitrogens with zero attached hydrogens (tertiary/aromatic N) is 5. The van der Waals surface area contributed by atoms with Gasteiger partial charge in [-0.05, 0) is 92.9 Å². The summed E-state index contributed by atoms with van der Waals surface area (Å²) < 4.78 is 41.2. The number of hydrogen-bond acceptors (Lipinski definition) is 9. The molecule has 48 heavy (non-hydrogen) atoms. The molecule has 252 valence electrons. The van der Waals surface area contributed by atoms with Crippen LogP contribution in [0.4, 0.5) is 5.69 Å². The lowest BCUT2D eigenvalue weighted by molar-refractivity contribution is -0.142. The Bertz CT molecular complexity index is 1870. The highest BCUT2D eigenvalue weighted by Gasteiger charge is 2.62. The molecular weight excluding hydrogens is 630 g/mol. The number of ether oxygens (including phenoxy) is 2. The average Bonchev–Trinajstić information content (AvgIpc) is 3.71. The molecule has 3 aliphatic heterocycles. The summed E-state index contributed by atoms with van der Waals surface area (Å²) in [6.45, 7) is 3.03. The number of amides is 2. The van der Waals surface area contributed by atoms with Crippen molar-refractivity contribution in [3.8, 4) is 17.6 Å². The zero-order valence-corrected chi connectivity index (χ0v) is 28.6. The predicted molar refractivity (Wildman–Crippen MR) is 180 cm³/mol. The van der Waals surface area contributed by atoms with E-state index < -0.39 is 27.5 Å². The molecule has 6 rings (SSSR count). The maximum Gasteiger partial charge on any atom is 0.271 e. The van der Waals surface area contributed by atoms with Gasteiger partial charge in [0.1, 0.15) is 11.5 Å². The maximum absolute atomic E-state index is 15.5. The van der Waals surface area contributed by atoms with Crippen molar-refractivity contribution in [1.82, 2.24) is 14.7 Å². The molecule has 0 bridgehead atoms. The Morgan fingerprint density at radius 3 is 2.29 bits per heavy atom. The molecule has 0 aliphatic carbocycles. The molecule has 0 N–H and O–H groups in total. The Hall–Kier alpha value is -4.44. The third kappa shape index (κ3) is 5.49. The van der Waals surface area contributed by atoms with Crippen molar-refractivity contribution in [3.05, 3.63) is 82.9 Å². The minimum Gasteiger partial charge on any atom is -0.497 e. The Morgan fingerprint density at radius 2 is 1.65 bits per heavy atom. The van der Waals surface area contributed by atoms with Crippen LogP contribution in [0.3, 0.4) is 0 Å². The number of benzene rings is 3. The van der Waals surface area contributed by atoms with Crippen molar-refractivity contribution < 1.29 is 27.5 Å². The SMILES string of the molecule is COc1ccc(S(=O)(=O)N2C(=O)[C@](c3ccc(CN4CCCC4)cc3OC)(N3CCCCC3C(=O)N(C)C)c3cc(C#N)ccc32)cc1. The van der Waals surface area contributed by atoms with Gasteiger partial charge >= 0.3 is 0 Å². The largest absolute Gasteiger partial charge is 0.497 e. The summed E-state index contributed by atoms with van der Waals surface area (Å²) in [4.78, 5) is 35.0. The molecule has 3 aromatic rings. The standard InChI is InChI=1S/C36H41N5O6S/c1-38(2)34(42)32-9-5-6-20-40(32)36(29-16-10-26(22-33(29)47-4)24-39-18-7-8-19-39)30-21-25(23-37)11-17-31(30)41(35(36)43)48(44,45)28-14-12-27(46-3)13-15-28/h10-17,21-22,32H,5-9,18-20,24H2,1-4H3/t32?,36-/m1/s1. The highest BCUT2D eigenvalue weighted by molar-refractivity contribution is 7.93. The first-order valence-corrected chi connectivity index (χ1v) is 17.7. The lowest BCUT2D eigenvalue weighted by Gasteiger charge is -2.47. The minimum absolute atomic E-state index is 0.102. The lowest BCUT2D eigenvalue weighted by Crippen LogP contribution is -2.62. The Balaban J connectivity index is 1.63. The van der Waals surface area contributed by atoms with Gasteiger partial charge in [0.25, 0.3) is 15.9 Å². The van der Waals surface area contributed by atoms with E-state index in [4.69, 9.17) is 9.47 Å². The first kappa shape index (κ1) is 33.5. The van der Waals surface area contributed by atoms with E-state index in [1.807, 2.05) is 23.1 Å². The second kappa shape index (κ2) is 13.2. The molecule has 0 spiro atoms. The predicted octanol–water partition coefficient (Wildman–Crippen LogP) is 4.09. The second-order valence-electron chi connectivity index (χ2n) is 12.8. The Labute approximate surface area is 282 Å². The van der Waals surface area contributed by atoms with Gasteiger partial charge in [0.05, 0.1) is 42.5 Å². The topological polar surface area (TPSA) is 123 Å². The molecule has 1 unspecified atom stereocenters. The van der Waals surface area contributed by atoms with Gasteiger partial charge < -0.3 is 14.4 Å². The van der Waals surface area contributed by atoms with E-state index in [0.29, 0.717) is 48.6 Å². The lowest BCUT2D eigenvalue weighted by atomic mass is 9.78. The molecule has 3 aliphatic rings. The van der Waals surface area contributed by atoms with Crippen LogP contribution in [0.1, 0.15) is 54.4 Å². The zero-order valence-electron chi connectivity index (χ0n) is 27.8. The van der Waals surface area contributed by atoms with Crippen molar-refractivity contribution >= 4 is 27.5 Å². The van der Waals surface area contributed by atoms with Gasteiger partial charge in [0.2, 0.25) is 5.91 Å². The molecule has 2 atom stereocenters. The number of carbonyl (C=O) groups excluding carboxylic acids is 2. The summed E-state index contributed by atoms with van der Waals surface area (Å²) >= 11 is 0. The number of carbonyl (C=O) groups is 2. The van der Waals surface area contributed by atoms with Gasteiger partial charge in [-0.1, -0.05) is 18.6 Å². The fraction of sp³-hybridized carbons (Fsp3) is 0.417. The van der Waals surface area contributed by atoms with Crippen molar-refractivity contribution in [2.75, 3.05) is 52.3 Å². The number of methoxy groups -OCH3 is 2. The molecule has 11 nitrogen and oxygen atoms in total. The van der Waals surface area contributed by atoms with E-state index >= 15 is 4.79 Å². The zero-order chi connectivity index (χ0) is 34.2. The van der Waals surface area contributed by atoms with E-state index in [1.54, 1.807) is 20.2 Å². The summed E-state index contributed by atoms with van der Waals surface area (Å²) in [6.07, 6.45) is 4.19. The number of hydrogen-bond donors (Lipinski definition) is 0. The highest BCUT2D eigenvalue weighted by Crippen LogP contribution is 2.54. The Morgan fingerprint density at radius 1 is 0.938 bits per heavy atom. The van der Waals surface area contributed by atoms with Crippen LogP contribution in [0.15, 0.2) is 65.6 Å². The second-order valence-corrected chi connectivity index (χ2v) is 14.5. The third-order valence-electron chi connectivity index (χ3n) is 9.75. The van der Waals surface area contributed by atoms with Crippen LogP contribution >= 0.6 is 0 Å². The first-order chi connectivity index (χ1) is 23.1. The molecule has 3 aromatic carbocycles. The van der Waals surface area contributed by atoms with Crippen LogP contribution in [-0.2, 0) is 31.7 Å². The third-order valence-corrected chi connectivity index (χ3v) is 11.5. The van der Waals surface area contributed by atoms with Crippen molar-refractivity contribution in [2.45, 2.75) is 55.1 Å². The van der Waals surface area contributed by atoms with Crippen LogP contribution in [0, 0.1) is 11.3 Å². The quantitative estimate of drug-likeness (QED) is 0.331. The molecule has 0 saturated carbocycles. The van der Waals surface area contributed by atoms with Gasteiger partial charge in [-0.15, -0.1) is 0 Å². The summed E-state index contributed by atoms with van der Waals surface area (Å²) in [5.74, 6) is -0.0840. The number of piperidine rings is 1. The highest BCUT2D eigenvalue weighted by atomic mass is 32.2. The van der Waals surface area contributed by atoms with Gasteiger partial charge in [-0.25, -0.2) is 12.7 Å².